The summed E-state index contributed by atoms with van der Waals surface area (Å²) in [6.45, 7) is 0. The highest BCUT2D eigenvalue weighted by Crippen LogP contribution is 2.30. The summed E-state index contributed by atoms with van der Waals surface area (Å²) >= 11 is 0. The first-order valence-electron chi connectivity index (χ1n) is 8.96. The third-order valence-corrected chi connectivity index (χ3v) is 5.01. The Labute approximate surface area is 150 Å². The molecular weight excluding hydrogens is 330 g/mol. The minimum Gasteiger partial charge on any atom is -0.459 e. The van der Waals surface area contributed by atoms with Gasteiger partial charge in [-0.05, 0) is 43.4 Å². The highest BCUT2D eigenvalue weighted by Gasteiger charge is 2.21. The van der Waals surface area contributed by atoms with Gasteiger partial charge >= 0.3 is 0 Å². The molecule has 3 aromatic rings. The lowest BCUT2D eigenvalue weighted by atomic mass is 9.93. The van der Waals surface area contributed by atoms with E-state index in [1.165, 1.54) is 6.42 Å². The molecule has 1 aliphatic carbocycles. The number of aryl methyl sites for hydroxylation is 1. The summed E-state index contributed by atoms with van der Waals surface area (Å²) in [5, 5.41) is 9.61. The van der Waals surface area contributed by atoms with Crippen LogP contribution in [-0.2, 0) is 11.2 Å². The van der Waals surface area contributed by atoms with E-state index in [0.29, 0.717) is 24.0 Å². The number of furan rings is 1. The molecule has 1 aliphatic heterocycles. The summed E-state index contributed by atoms with van der Waals surface area (Å²) < 4.78 is 5.55. The van der Waals surface area contributed by atoms with Crippen molar-refractivity contribution in [3.63, 3.8) is 0 Å². The van der Waals surface area contributed by atoms with Crippen molar-refractivity contribution in [1.29, 1.82) is 0 Å². The van der Waals surface area contributed by atoms with Gasteiger partial charge in [-0.1, -0.05) is 6.07 Å². The van der Waals surface area contributed by atoms with E-state index >= 15 is 0 Å². The molecule has 7 heteroatoms. The molecule has 1 saturated carbocycles. The molecule has 3 N–H and O–H groups in total. The highest BCUT2D eigenvalue weighted by molar-refractivity contribution is 5.94. The Morgan fingerprint density at radius 1 is 1.15 bits per heavy atom. The van der Waals surface area contributed by atoms with E-state index in [2.05, 4.69) is 25.9 Å². The number of carbonyl (C=O) groups is 1. The van der Waals surface area contributed by atoms with Crippen LogP contribution in [-0.4, -0.2) is 21.9 Å². The smallest absolute Gasteiger partial charge is 0.229 e. The first kappa shape index (κ1) is 15.2. The molecule has 1 aromatic carbocycles. The standard InChI is InChI=1S/C19H19N5O2/c25-16-7-5-11-4-6-13(10-15(11)22-16)21-19-23-14-8-9-26-17(14)18(24-19)20-12-2-1-3-12/h4,6,8-10,12H,1-3,5,7H2,(H,22,25)(H2,20,21,23,24). The number of aromatic nitrogens is 2. The van der Waals surface area contributed by atoms with E-state index in [1.807, 2.05) is 24.3 Å². The predicted octanol–water partition coefficient (Wildman–Crippen LogP) is 3.82. The Kier molecular flexibility index (Phi) is 3.51. The molecule has 0 spiro atoms. The number of amides is 1. The fourth-order valence-electron chi connectivity index (χ4n) is 3.34. The maximum absolute atomic E-state index is 11.6. The number of hydrogen-bond acceptors (Lipinski definition) is 6. The van der Waals surface area contributed by atoms with Crippen molar-refractivity contribution in [2.75, 3.05) is 16.0 Å². The Hall–Kier alpha value is -3.09. The van der Waals surface area contributed by atoms with Crippen LogP contribution in [0.2, 0.25) is 0 Å². The molecule has 7 nitrogen and oxygen atoms in total. The zero-order valence-electron chi connectivity index (χ0n) is 14.2. The second kappa shape index (κ2) is 6.01. The Morgan fingerprint density at radius 2 is 2.08 bits per heavy atom. The quantitative estimate of drug-likeness (QED) is 0.663. The van der Waals surface area contributed by atoms with Crippen LogP contribution in [0.1, 0.15) is 31.2 Å². The molecule has 1 fully saturated rings. The first-order chi connectivity index (χ1) is 12.7. The minimum absolute atomic E-state index is 0.0534. The molecule has 0 saturated heterocycles. The Balaban J connectivity index is 1.45. The topological polar surface area (TPSA) is 92.1 Å². The van der Waals surface area contributed by atoms with Crippen molar-refractivity contribution < 1.29 is 9.21 Å². The monoisotopic (exact) mass is 349 g/mol. The average Bonchev–Trinajstić information content (AvgIpc) is 3.06. The fraction of sp³-hybridized carbons (Fsp3) is 0.316. The number of nitrogens with zero attached hydrogens (tertiary/aromatic N) is 2. The van der Waals surface area contributed by atoms with Crippen LogP contribution < -0.4 is 16.0 Å². The van der Waals surface area contributed by atoms with Crippen molar-refractivity contribution in [3.05, 3.63) is 36.1 Å². The second-order valence-corrected chi connectivity index (χ2v) is 6.85. The average molecular weight is 349 g/mol. The number of benzene rings is 1. The molecule has 0 atom stereocenters. The predicted molar refractivity (Wildman–Crippen MR) is 99.7 cm³/mol. The van der Waals surface area contributed by atoms with Crippen molar-refractivity contribution in [1.82, 2.24) is 9.97 Å². The maximum atomic E-state index is 11.6. The van der Waals surface area contributed by atoms with Gasteiger partial charge in [0, 0.05) is 29.9 Å². The van der Waals surface area contributed by atoms with E-state index in [9.17, 15) is 4.79 Å². The number of anilines is 4. The summed E-state index contributed by atoms with van der Waals surface area (Å²) in [6, 6.07) is 8.22. The van der Waals surface area contributed by atoms with Gasteiger partial charge in [-0.2, -0.15) is 4.98 Å². The lowest BCUT2D eigenvalue weighted by molar-refractivity contribution is -0.116. The third kappa shape index (κ3) is 2.75. The largest absolute Gasteiger partial charge is 0.459 e. The summed E-state index contributed by atoms with van der Waals surface area (Å²) in [4.78, 5) is 20.7. The van der Waals surface area contributed by atoms with Crippen LogP contribution in [0.25, 0.3) is 11.1 Å². The Bertz CT molecular complexity index is 993. The molecule has 3 heterocycles. The summed E-state index contributed by atoms with van der Waals surface area (Å²) in [6.07, 6.45) is 6.49. The number of nitrogens with one attached hydrogen (secondary N) is 3. The van der Waals surface area contributed by atoms with Gasteiger partial charge in [0.2, 0.25) is 11.9 Å². The van der Waals surface area contributed by atoms with E-state index < -0.39 is 0 Å². The SMILES string of the molecule is O=C1CCc2ccc(Nc3nc(NC4CCC4)c4occc4n3)cc2N1. The molecule has 1 amide bonds. The lowest BCUT2D eigenvalue weighted by Crippen LogP contribution is -2.27. The number of hydrogen-bond donors (Lipinski definition) is 3. The van der Waals surface area contributed by atoms with Crippen molar-refractivity contribution in [3.8, 4) is 0 Å². The van der Waals surface area contributed by atoms with Gasteiger partial charge in [0.15, 0.2) is 11.4 Å². The van der Waals surface area contributed by atoms with E-state index in [4.69, 9.17) is 4.42 Å². The highest BCUT2D eigenvalue weighted by atomic mass is 16.3. The van der Waals surface area contributed by atoms with Crippen molar-refractivity contribution in [2.24, 2.45) is 0 Å². The summed E-state index contributed by atoms with van der Waals surface area (Å²) in [7, 11) is 0. The van der Waals surface area contributed by atoms with Crippen LogP contribution in [0, 0.1) is 0 Å². The van der Waals surface area contributed by atoms with Gasteiger partial charge in [-0.15, -0.1) is 0 Å². The zero-order valence-corrected chi connectivity index (χ0v) is 14.2. The third-order valence-electron chi connectivity index (χ3n) is 5.01. The van der Waals surface area contributed by atoms with Crippen LogP contribution in [0.15, 0.2) is 34.9 Å². The lowest BCUT2D eigenvalue weighted by Gasteiger charge is -2.26. The second-order valence-electron chi connectivity index (χ2n) is 6.85. The fourth-order valence-corrected chi connectivity index (χ4v) is 3.34. The summed E-state index contributed by atoms with van der Waals surface area (Å²) in [5.74, 6) is 1.28. The molecule has 2 aromatic heterocycles. The molecule has 0 radical (unpaired) electrons. The van der Waals surface area contributed by atoms with Crippen LogP contribution in [0.4, 0.5) is 23.1 Å². The maximum Gasteiger partial charge on any atom is 0.229 e. The van der Waals surface area contributed by atoms with E-state index in [1.54, 1.807) is 6.26 Å². The van der Waals surface area contributed by atoms with Gasteiger partial charge in [0.05, 0.1) is 6.26 Å². The van der Waals surface area contributed by atoms with E-state index in [0.717, 1.165) is 47.5 Å². The van der Waals surface area contributed by atoms with Gasteiger partial charge in [-0.3, -0.25) is 4.79 Å². The van der Waals surface area contributed by atoms with Gasteiger partial charge in [0.1, 0.15) is 5.52 Å². The zero-order chi connectivity index (χ0) is 17.5. The van der Waals surface area contributed by atoms with E-state index in [-0.39, 0.29) is 5.91 Å². The molecule has 2 aliphatic rings. The number of carbonyl (C=O) groups excluding carboxylic acids is 1. The number of rotatable bonds is 4. The molecule has 26 heavy (non-hydrogen) atoms. The van der Waals surface area contributed by atoms with Crippen LogP contribution in [0.5, 0.6) is 0 Å². The Morgan fingerprint density at radius 3 is 2.92 bits per heavy atom. The molecular formula is C19H19N5O2. The first-order valence-corrected chi connectivity index (χ1v) is 8.96. The molecule has 0 bridgehead atoms. The number of fused-ring (bicyclic) bond motifs is 2. The van der Waals surface area contributed by atoms with Crippen LogP contribution >= 0.6 is 0 Å². The molecule has 132 valence electrons. The van der Waals surface area contributed by atoms with Gasteiger partial charge in [0.25, 0.3) is 0 Å². The van der Waals surface area contributed by atoms with Crippen molar-refractivity contribution >= 4 is 40.1 Å². The van der Waals surface area contributed by atoms with Crippen LogP contribution in [0.3, 0.4) is 0 Å². The van der Waals surface area contributed by atoms with Gasteiger partial charge < -0.3 is 20.4 Å². The normalized spacial score (nSPS) is 16.7. The molecule has 0 unspecified atom stereocenters. The van der Waals surface area contributed by atoms with Crippen molar-refractivity contribution in [2.45, 2.75) is 38.1 Å². The summed E-state index contributed by atoms with van der Waals surface area (Å²) in [5.41, 5.74) is 4.27. The molecule has 5 rings (SSSR count). The minimum atomic E-state index is 0.0534. The van der Waals surface area contributed by atoms with Gasteiger partial charge in [-0.25, -0.2) is 4.98 Å².